The van der Waals surface area contributed by atoms with E-state index in [-0.39, 0.29) is 12.4 Å². The van der Waals surface area contributed by atoms with Crippen LogP contribution >= 0.6 is 15.9 Å². The topological polar surface area (TPSA) is 123 Å². The lowest BCUT2D eigenvalue weighted by atomic mass is 10.1. The number of halogens is 1. The van der Waals surface area contributed by atoms with Gasteiger partial charge in [-0.3, -0.25) is 9.88 Å². The highest BCUT2D eigenvalue weighted by molar-refractivity contribution is 9.10. The second-order valence-corrected chi connectivity index (χ2v) is 6.66. The first-order chi connectivity index (χ1) is 11.8. The van der Waals surface area contributed by atoms with Crippen LogP contribution in [0.3, 0.4) is 0 Å². The Morgan fingerprint density at radius 1 is 1.44 bits per heavy atom. The maximum absolute atomic E-state index is 12.2. The van der Waals surface area contributed by atoms with E-state index in [1.165, 1.54) is 6.20 Å². The number of amides is 1. The van der Waals surface area contributed by atoms with Crippen molar-refractivity contribution in [3.63, 3.8) is 0 Å². The van der Waals surface area contributed by atoms with E-state index < -0.39 is 36.3 Å². The third kappa shape index (κ3) is 4.78. The third-order valence-corrected chi connectivity index (χ3v) is 4.44. The van der Waals surface area contributed by atoms with Gasteiger partial charge < -0.3 is 19.7 Å². The van der Waals surface area contributed by atoms with Gasteiger partial charge in [0.15, 0.2) is 12.0 Å². The van der Waals surface area contributed by atoms with Gasteiger partial charge in [0.05, 0.1) is 17.2 Å². The zero-order valence-corrected chi connectivity index (χ0v) is 15.6. The molecule has 1 aliphatic rings. The summed E-state index contributed by atoms with van der Waals surface area (Å²) in [5.41, 5.74) is -0.741. The molecule has 0 radical (unpaired) electrons. The second kappa shape index (κ2) is 8.75. The predicted octanol–water partition coefficient (Wildman–Crippen LogP) is 1.38. The summed E-state index contributed by atoms with van der Waals surface area (Å²) in [6.45, 7) is 3.92. The number of ether oxygens (including phenoxy) is 2. The SMILES string of the molecule is CCCCCOC(=O)Nc1nc(=O)n([C@@H]2O[C@H](C)[C@@H](O)[C@H]2O)cc1Br. The van der Waals surface area contributed by atoms with Crippen LogP contribution in [0.1, 0.15) is 39.3 Å². The maximum atomic E-state index is 12.2. The van der Waals surface area contributed by atoms with Crippen LogP contribution in [0.5, 0.6) is 0 Å². The summed E-state index contributed by atoms with van der Waals surface area (Å²) in [5, 5.41) is 22.1. The smallest absolute Gasteiger partial charge is 0.412 e. The first kappa shape index (κ1) is 19.8. The number of hydrogen-bond donors (Lipinski definition) is 3. The number of hydrogen-bond acceptors (Lipinski definition) is 7. The van der Waals surface area contributed by atoms with Crippen molar-refractivity contribution in [3.8, 4) is 0 Å². The Bertz CT molecular complexity index is 667. The number of rotatable bonds is 6. The molecule has 4 atom stereocenters. The van der Waals surface area contributed by atoms with Crippen molar-refractivity contribution in [1.82, 2.24) is 9.55 Å². The number of aliphatic hydroxyl groups is 2. The van der Waals surface area contributed by atoms with Crippen LogP contribution in [0, 0.1) is 0 Å². The van der Waals surface area contributed by atoms with Crippen molar-refractivity contribution >= 4 is 27.8 Å². The Balaban J connectivity index is 2.07. The van der Waals surface area contributed by atoms with Crippen LogP contribution in [0.25, 0.3) is 0 Å². The van der Waals surface area contributed by atoms with Crippen molar-refractivity contribution in [3.05, 3.63) is 21.2 Å². The molecule has 2 heterocycles. The Kier molecular flexibility index (Phi) is 6.94. The molecule has 1 amide bonds. The molecule has 1 aromatic heterocycles. The lowest BCUT2D eigenvalue weighted by Crippen LogP contribution is -2.35. The summed E-state index contributed by atoms with van der Waals surface area (Å²) in [5.74, 6) is 0.00262. The summed E-state index contributed by atoms with van der Waals surface area (Å²) in [6.07, 6.45) is -0.688. The quantitative estimate of drug-likeness (QED) is 0.595. The standard InChI is InChI=1S/C15H22BrN3O6/c1-3-4-5-6-24-15(23)18-12-9(16)7-19(14(22)17-12)13-11(21)10(20)8(2)25-13/h7-8,10-11,13,20-21H,3-6H2,1-2H3,(H,17,18,22,23)/t8-,10-,11-,13-/m1/s1. The predicted molar refractivity (Wildman–Crippen MR) is 92.3 cm³/mol. The molecule has 0 unspecified atom stereocenters. The summed E-state index contributed by atoms with van der Waals surface area (Å²) in [7, 11) is 0. The normalized spacial score (nSPS) is 25.8. The van der Waals surface area contributed by atoms with Crippen LogP contribution in [0.2, 0.25) is 0 Å². The Morgan fingerprint density at radius 3 is 2.76 bits per heavy atom. The molecule has 9 nitrogen and oxygen atoms in total. The number of nitrogens with one attached hydrogen (secondary N) is 1. The second-order valence-electron chi connectivity index (χ2n) is 5.81. The van der Waals surface area contributed by atoms with Crippen LogP contribution in [0.15, 0.2) is 15.5 Å². The van der Waals surface area contributed by atoms with Crippen molar-refractivity contribution < 1.29 is 24.5 Å². The number of carbonyl (C=O) groups is 1. The molecule has 0 spiro atoms. The molecule has 1 fully saturated rings. The van der Waals surface area contributed by atoms with Crippen LogP contribution in [-0.4, -0.2) is 50.8 Å². The van der Waals surface area contributed by atoms with E-state index in [1.807, 2.05) is 6.92 Å². The molecule has 0 saturated carbocycles. The van der Waals surface area contributed by atoms with Gasteiger partial charge in [-0.1, -0.05) is 19.8 Å². The number of aliphatic hydroxyl groups excluding tert-OH is 2. The van der Waals surface area contributed by atoms with Gasteiger partial charge in [0.1, 0.15) is 12.2 Å². The first-order valence-corrected chi connectivity index (χ1v) is 8.88. The fourth-order valence-corrected chi connectivity index (χ4v) is 2.83. The zero-order chi connectivity index (χ0) is 18.6. The number of carbonyl (C=O) groups excluding carboxylic acids is 1. The molecule has 1 saturated heterocycles. The van der Waals surface area contributed by atoms with Gasteiger partial charge in [-0.25, -0.2) is 9.59 Å². The monoisotopic (exact) mass is 419 g/mol. The van der Waals surface area contributed by atoms with Gasteiger partial charge in [-0.05, 0) is 29.3 Å². The van der Waals surface area contributed by atoms with Gasteiger partial charge in [0.2, 0.25) is 0 Å². The minimum Gasteiger partial charge on any atom is -0.449 e. The van der Waals surface area contributed by atoms with Crippen LogP contribution < -0.4 is 11.0 Å². The van der Waals surface area contributed by atoms with E-state index >= 15 is 0 Å². The molecule has 2 rings (SSSR count). The molecule has 0 aromatic carbocycles. The van der Waals surface area contributed by atoms with E-state index in [0.717, 1.165) is 23.8 Å². The molecule has 140 valence electrons. The third-order valence-electron chi connectivity index (χ3n) is 3.86. The minimum atomic E-state index is -1.26. The highest BCUT2D eigenvalue weighted by atomic mass is 79.9. The van der Waals surface area contributed by atoms with Gasteiger partial charge in [0.25, 0.3) is 0 Å². The van der Waals surface area contributed by atoms with Crippen molar-refractivity contribution in [2.24, 2.45) is 0 Å². The molecule has 0 aliphatic carbocycles. The van der Waals surface area contributed by atoms with E-state index in [0.29, 0.717) is 4.47 Å². The number of anilines is 1. The molecule has 0 bridgehead atoms. The van der Waals surface area contributed by atoms with Gasteiger partial charge in [-0.2, -0.15) is 4.98 Å². The molecule has 1 aliphatic heterocycles. The largest absolute Gasteiger partial charge is 0.449 e. The minimum absolute atomic E-state index is 0.00262. The highest BCUT2D eigenvalue weighted by Gasteiger charge is 2.42. The number of nitrogens with zero attached hydrogens (tertiary/aromatic N) is 2. The van der Waals surface area contributed by atoms with E-state index in [1.54, 1.807) is 6.92 Å². The van der Waals surface area contributed by atoms with E-state index in [9.17, 15) is 19.8 Å². The first-order valence-electron chi connectivity index (χ1n) is 8.09. The zero-order valence-electron chi connectivity index (χ0n) is 14.0. The molecule has 3 N–H and O–H groups in total. The summed E-state index contributed by atoms with van der Waals surface area (Å²) in [4.78, 5) is 27.7. The molecular formula is C15H22BrN3O6. The van der Waals surface area contributed by atoms with E-state index in [4.69, 9.17) is 9.47 Å². The van der Waals surface area contributed by atoms with Crippen molar-refractivity contribution in [2.45, 2.75) is 57.6 Å². The maximum Gasteiger partial charge on any atom is 0.412 e. The highest BCUT2D eigenvalue weighted by Crippen LogP contribution is 2.29. The molecule has 25 heavy (non-hydrogen) atoms. The Morgan fingerprint density at radius 2 is 2.16 bits per heavy atom. The Hall–Kier alpha value is -1.49. The number of unbranched alkanes of at least 4 members (excludes halogenated alkanes) is 2. The molecule has 10 heteroatoms. The fraction of sp³-hybridized carbons (Fsp3) is 0.667. The van der Waals surface area contributed by atoms with Gasteiger partial charge in [-0.15, -0.1) is 0 Å². The molecule has 1 aromatic rings. The average Bonchev–Trinajstić information content (AvgIpc) is 2.82. The van der Waals surface area contributed by atoms with Crippen molar-refractivity contribution in [1.29, 1.82) is 0 Å². The Labute approximate surface area is 153 Å². The van der Waals surface area contributed by atoms with E-state index in [2.05, 4.69) is 26.2 Å². The lowest BCUT2D eigenvalue weighted by molar-refractivity contribution is -0.0351. The van der Waals surface area contributed by atoms with Crippen LogP contribution in [0.4, 0.5) is 10.6 Å². The average molecular weight is 420 g/mol. The summed E-state index contributed by atoms with van der Waals surface area (Å²) < 4.78 is 11.8. The lowest BCUT2D eigenvalue weighted by Gasteiger charge is -2.18. The summed E-state index contributed by atoms with van der Waals surface area (Å²) >= 11 is 3.21. The summed E-state index contributed by atoms with van der Waals surface area (Å²) in [6, 6.07) is 0. The number of aromatic nitrogens is 2. The molecular weight excluding hydrogens is 398 g/mol. The fourth-order valence-electron chi connectivity index (χ4n) is 2.42. The van der Waals surface area contributed by atoms with Gasteiger partial charge >= 0.3 is 11.8 Å². The van der Waals surface area contributed by atoms with Crippen molar-refractivity contribution in [2.75, 3.05) is 11.9 Å². The van der Waals surface area contributed by atoms with Crippen LogP contribution in [-0.2, 0) is 9.47 Å². The van der Waals surface area contributed by atoms with Gasteiger partial charge in [0, 0.05) is 6.20 Å².